The lowest BCUT2D eigenvalue weighted by atomic mass is 10.2. The third-order valence-corrected chi connectivity index (χ3v) is 2.64. The zero-order valence-electron chi connectivity index (χ0n) is 7.85. The van der Waals surface area contributed by atoms with Crippen molar-refractivity contribution in [3.05, 3.63) is 29.7 Å². The van der Waals surface area contributed by atoms with Gasteiger partial charge in [0, 0.05) is 25.0 Å². The highest BCUT2D eigenvalue weighted by Gasteiger charge is 2.24. The van der Waals surface area contributed by atoms with Gasteiger partial charge in [-0.3, -0.25) is 0 Å². The Morgan fingerprint density at radius 1 is 1.50 bits per heavy atom. The molecule has 0 atom stereocenters. The van der Waals surface area contributed by atoms with E-state index in [4.69, 9.17) is 5.73 Å². The molecule has 72 valence electrons. The van der Waals surface area contributed by atoms with Gasteiger partial charge < -0.3 is 5.73 Å². The molecular weight excluding hydrogens is 176 g/mol. The van der Waals surface area contributed by atoms with Crippen molar-refractivity contribution in [3.63, 3.8) is 0 Å². The summed E-state index contributed by atoms with van der Waals surface area (Å²) in [6.07, 6.45) is 6.60. The first-order valence-electron chi connectivity index (χ1n) is 4.91. The standard InChI is InChI=1S/C10H12N4/c11-4-9-3-10-12-5-8(7-1-2-7)6-14(10)13-9/h3,5-7H,1-2,4,11H2. The van der Waals surface area contributed by atoms with Crippen molar-refractivity contribution in [2.24, 2.45) is 5.73 Å². The molecule has 0 bridgehead atoms. The van der Waals surface area contributed by atoms with Crippen LogP contribution in [0.5, 0.6) is 0 Å². The lowest BCUT2D eigenvalue weighted by molar-refractivity contribution is 0.859. The van der Waals surface area contributed by atoms with Crippen molar-refractivity contribution in [3.8, 4) is 0 Å². The van der Waals surface area contributed by atoms with Crippen LogP contribution in [0.3, 0.4) is 0 Å². The van der Waals surface area contributed by atoms with E-state index >= 15 is 0 Å². The molecule has 0 radical (unpaired) electrons. The van der Waals surface area contributed by atoms with Crippen LogP contribution in [0.25, 0.3) is 5.65 Å². The molecule has 1 aliphatic rings. The summed E-state index contributed by atoms with van der Waals surface area (Å²) in [4.78, 5) is 4.36. The lowest BCUT2D eigenvalue weighted by Gasteiger charge is -1.97. The maximum absolute atomic E-state index is 5.52. The molecule has 0 aliphatic heterocycles. The smallest absolute Gasteiger partial charge is 0.155 e. The molecule has 0 unspecified atom stereocenters. The van der Waals surface area contributed by atoms with Gasteiger partial charge in [0.15, 0.2) is 5.65 Å². The maximum Gasteiger partial charge on any atom is 0.155 e. The van der Waals surface area contributed by atoms with Gasteiger partial charge in [0.05, 0.1) is 5.69 Å². The highest BCUT2D eigenvalue weighted by atomic mass is 15.2. The topological polar surface area (TPSA) is 56.2 Å². The first kappa shape index (κ1) is 7.94. The van der Waals surface area contributed by atoms with E-state index in [1.54, 1.807) is 0 Å². The van der Waals surface area contributed by atoms with Crippen LogP contribution in [0.2, 0.25) is 0 Å². The van der Waals surface area contributed by atoms with E-state index in [1.807, 2.05) is 16.8 Å². The average Bonchev–Trinajstić information content (AvgIpc) is 2.97. The van der Waals surface area contributed by atoms with E-state index in [0.29, 0.717) is 6.54 Å². The summed E-state index contributed by atoms with van der Waals surface area (Å²) in [5.41, 5.74) is 8.59. The lowest BCUT2D eigenvalue weighted by Crippen LogP contribution is -1.97. The normalized spacial score (nSPS) is 16.4. The molecule has 1 fully saturated rings. The fourth-order valence-corrected chi connectivity index (χ4v) is 1.67. The molecule has 3 rings (SSSR count). The zero-order valence-corrected chi connectivity index (χ0v) is 7.85. The molecule has 2 heterocycles. The Bertz CT molecular complexity index is 470. The summed E-state index contributed by atoms with van der Waals surface area (Å²) in [6.45, 7) is 0.474. The van der Waals surface area contributed by atoms with Crippen molar-refractivity contribution >= 4 is 5.65 Å². The first-order chi connectivity index (χ1) is 6.86. The molecule has 0 amide bonds. The van der Waals surface area contributed by atoms with Crippen LogP contribution in [-0.2, 0) is 6.54 Å². The minimum absolute atomic E-state index is 0.474. The second-order valence-corrected chi connectivity index (χ2v) is 3.80. The largest absolute Gasteiger partial charge is 0.325 e. The fraction of sp³-hybridized carbons (Fsp3) is 0.400. The Kier molecular flexibility index (Phi) is 1.58. The van der Waals surface area contributed by atoms with E-state index in [9.17, 15) is 0 Å². The molecule has 2 aromatic rings. The molecular formula is C10H12N4. The molecule has 14 heavy (non-hydrogen) atoms. The molecule has 1 saturated carbocycles. The Labute approximate surface area is 81.8 Å². The first-order valence-corrected chi connectivity index (χ1v) is 4.91. The molecule has 1 aliphatic carbocycles. The molecule has 0 spiro atoms. The molecule has 0 aromatic carbocycles. The summed E-state index contributed by atoms with van der Waals surface area (Å²) < 4.78 is 1.83. The van der Waals surface area contributed by atoms with Crippen molar-refractivity contribution in [2.45, 2.75) is 25.3 Å². The van der Waals surface area contributed by atoms with Gasteiger partial charge in [0.25, 0.3) is 0 Å². The summed E-state index contributed by atoms with van der Waals surface area (Å²) >= 11 is 0. The van der Waals surface area contributed by atoms with Crippen LogP contribution in [0.4, 0.5) is 0 Å². The minimum atomic E-state index is 0.474. The highest BCUT2D eigenvalue weighted by Crippen LogP contribution is 2.39. The predicted molar refractivity (Wildman–Crippen MR) is 52.9 cm³/mol. The van der Waals surface area contributed by atoms with Gasteiger partial charge in [-0.2, -0.15) is 5.10 Å². The quantitative estimate of drug-likeness (QED) is 0.766. The fourth-order valence-electron chi connectivity index (χ4n) is 1.67. The Balaban J connectivity index is 2.12. The number of hydrogen-bond donors (Lipinski definition) is 1. The van der Waals surface area contributed by atoms with E-state index in [0.717, 1.165) is 17.3 Å². The van der Waals surface area contributed by atoms with Crippen LogP contribution in [-0.4, -0.2) is 14.6 Å². The third-order valence-electron chi connectivity index (χ3n) is 2.64. The molecule has 2 aromatic heterocycles. The van der Waals surface area contributed by atoms with Gasteiger partial charge in [-0.25, -0.2) is 9.50 Å². The minimum Gasteiger partial charge on any atom is -0.325 e. The second kappa shape index (κ2) is 2.78. The predicted octanol–water partition coefficient (Wildman–Crippen LogP) is 1.07. The number of nitrogens with two attached hydrogens (primary N) is 1. The number of aromatic nitrogens is 3. The van der Waals surface area contributed by atoms with Gasteiger partial charge in [0.2, 0.25) is 0 Å². The summed E-state index contributed by atoms with van der Waals surface area (Å²) in [6, 6.07) is 1.93. The highest BCUT2D eigenvalue weighted by molar-refractivity contribution is 5.40. The van der Waals surface area contributed by atoms with E-state index < -0.39 is 0 Å². The molecule has 4 heteroatoms. The number of fused-ring (bicyclic) bond motifs is 1. The van der Waals surface area contributed by atoms with Crippen molar-refractivity contribution in [1.29, 1.82) is 0 Å². The summed E-state index contributed by atoms with van der Waals surface area (Å²) in [5, 5.41) is 4.33. The van der Waals surface area contributed by atoms with Crippen molar-refractivity contribution < 1.29 is 0 Å². The Hall–Kier alpha value is -1.42. The SMILES string of the molecule is NCc1cc2ncc(C3CC3)cn2n1. The summed E-state index contributed by atoms with van der Waals surface area (Å²) in [7, 11) is 0. The van der Waals surface area contributed by atoms with Gasteiger partial charge in [0.1, 0.15) is 0 Å². The number of rotatable bonds is 2. The van der Waals surface area contributed by atoms with E-state index in [2.05, 4.69) is 16.3 Å². The van der Waals surface area contributed by atoms with E-state index in [1.165, 1.54) is 18.4 Å². The van der Waals surface area contributed by atoms with E-state index in [-0.39, 0.29) is 0 Å². The monoisotopic (exact) mass is 188 g/mol. The van der Waals surface area contributed by atoms with Crippen LogP contribution < -0.4 is 5.73 Å². The van der Waals surface area contributed by atoms with Crippen LogP contribution >= 0.6 is 0 Å². The zero-order chi connectivity index (χ0) is 9.54. The Morgan fingerprint density at radius 2 is 2.36 bits per heavy atom. The van der Waals surface area contributed by atoms with Gasteiger partial charge in [-0.05, 0) is 24.3 Å². The number of nitrogens with zero attached hydrogens (tertiary/aromatic N) is 3. The van der Waals surface area contributed by atoms with Crippen LogP contribution in [0.15, 0.2) is 18.5 Å². The van der Waals surface area contributed by atoms with Crippen LogP contribution in [0, 0.1) is 0 Å². The average molecular weight is 188 g/mol. The van der Waals surface area contributed by atoms with Crippen molar-refractivity contribution in [1.82, 2.24) is 14.6 Å². The third kappa shape index (κ3) is 1.19. The van der Waals surface area contributed by atoms with Gasteiger partial charge in [-0.1, -0.05) is 0 Å². The molecule has 0 saturated heterocycles. The summed E-state index contributed by atoms with van der Waals surface area (Å²) in [5.74, 6) is 0.720. The van der Waals surface area contributed by atoms with Gasteiger partial charge >= 0.3 is 0 Å². The molecule has 2 N–H and O–H groups in total. The van der Waals surface area contributed by atoms with Crippen molar-refractivity contribution in [2.75, 3.05) is 0 Å². The molecule has 4 nitrogen and oxygen atoms in total. The number of hydrogen-bond acceptors (Lipinski definition) is 3. The van der Waals surface area contributed by atoms with Crippen LogP contribution in [0.1, 0.15) is 30.0 Å². The Morgan fingerprint density at radius 3 is 3.07 bits per heavy atom. The maximum atomic E-state index is 5.52. The van der Waals surface area contributed by atoms with Gasteiger partial charge in [-0.15, -0.1) is 0 Å². The second-order valence-electron chi connectivity index (χ2n) is 3.80.